The third kappa shape index (κ3) is 5.02. The predicted octanol–water partition coefficient (Wildman–Crippen LogP) is 1.62. The van der Waals surface area contributed by atoms with E-state index >= 15 is 0 Å². The Labute approximate surface area is 155 Å². The van der Waals surface area contributed by atoms with Gasteiger partial charge >= 0.3 is 0 Å². The molecule has 0 radical (unpaired) electrons. The number of nitrogens with one attached hydrogen (secondary N) is 1. The zero-order valence-electron chi connectivity index (χ0n) is 15.0. The first-order chi connectivity index (χ1) is 12.6. The highest BCUT2D eigenvalue weighted by Gasteiger charge is 2.18. The van der Waals surface area contributed by atoms with Gasteiger partial charge in [-0.05, 0) is 12.1 Å². The molecule has 0 aliphatic rings. The fourth-order valence-electron chi connectivity index (χ4n) is 2.06. The van der Waals surface area contributed by atoms with Gasteiger partial charge in [0.15, 0.2) is 11.5 Å². The molecule has 1 amide bonds. The number of thioether (sulfide) groups is 1. The predicted molar refractivity (Wildman–Crippen MR) is 95.0 cm³/mol. The first-order valence-corrected chi connectivity index (χ1v) is 8.63. The maximum atomic E-state index is 11.7. The summed E-state index contributed by atoms with van der Waals surface area (Å²) in [5.41, 5.74) is 0.614. The molecule has 142 valence electrons. The topological polar surface area (TPSA) is 105 Å². The van der Waals surface area contributed by atoms with Crippen molar-refractivity contribution in [2.24, 2.45) is 0 Å². The average Bonchev–Trinajstić information content (AvgIpc) is 3.14. The van der Waals surface area contributed by atoms with Crippen LogP contribution in [0.3, 0.4) is 0 Å². The number of aromatic nitrogens is 2. The zero-order chi connectivity index (χ0) is 18.9. The molecular weight excluding hydrogens is 362 g/mol. The van der Waals surface area contributed by atoms with E-state index in [4.69, 9.17) is 23.4 Å². The molecule has 0 bridgehead atoms. The summed E-state index contributed by atoms with van der Waals surface area (Å²) in [7, 11) is 6.15. The smallest absolute Gasteiger partial charge is 0.277 e. The summed E-state index contributed by atoms with van der Waals surface area (Å²) in [6, 6.07) is 3.42. The van der Waals surface area contributed by atoms with E-state index in [0.29, 0.717) is 36.0 Å². The number of carbonyl (C=O) groups excluding carboxylic acids is 1. The first kappa shape index (κ1) is 19.9. The Morgan fingerprint density at radius 1 is 1.12 bits per heavy atom. The standard InChI is InChI=1S/C16H21N3O6S/c1-21-6-5-17-13(20)9-26-16-19-18-15(25-16)10-7-11(22-2)14(24-4)12(8-10)23-3/h7-8H,5-6,9H2,1-4H3,(H,17,20). The number of hydrogen-bond acceptors (Lipinski definition) is 9. The van der Waals surface area contributed by atoms with Gasteiger partial charge in [-0.25, -0.2) is 0 Å². The maximum Gasteiger partial charge on any atom is 0.277 e. The van der Waals surface area contributed by atoms with Crippen molar-refractivity contribution in [3.8, 4) is 28.7 Å². The third-order valence-corrected chi connectivity index (χ3v) is 4.09. The van der Waals surface area contributed by atoms with Crippen LogP contribution in [0.15, 0.2) is 21.8 Å². The lowest BCUT2D eigenvalue weighted by Gasteiger charge is -2.12. The molecule has 0 fully saturated rings. The average molecular weight is 383 g/mol. The van der Waals surface area contributed by atoms with Crippen molar-refractivity contribution in [1.82, 2.24) is 15.5 Å². The fourth-order valence-corrected chi connectivity index (χ4v) is 2.65. The van der Waals surface area contributed by atoms with Crippen LogP contribution in [0.4, 0.5) is 0 Å². The number of methoxy groups -OCH3 is 4. The van der Waals surface area contributed by atoms with Gasteiger partial charge in [-0.15, -0.1) is 10.2 Å². The second kappa shape index (κ2) is 9.88. The molecule has 0 unspecified atom stereocenters. The number of rotatable bonds is 10. The Balaban J connectivity index is 2.08. The van der Waals surface area contributed by atoms with Crippen LogP contribution in [0, 0.1) is 0 Å². The van der Waals surface area contributed by atoms with Crippen molar-refractivity contribution in [2.45, 2.75) is 5.22 Å². The van der Waals surface area contributed by atoms with E-state index in [0.717, 1.165) is 11.8 Å². The SMILES string of the molecule is COCCNC(=O)CSc1nnc(-c2cc(OC)c(OC)c(OC)c2)o1. The van der Waals surface area contributed by atoms with E-state index in [2.05, 4.69) is 15.5 Å². The number of hydrogen-bond donors (Lipinski definition) is 1. The largest absolute Gasteiger partial charge is 0.493 e. The molecule has 26 heavy (non-hydrogen) atoms. The Kier molecular flexibility index (Phi) is 7.54. The Hall–Kier alpha value is -2.46. The number of nitrogens with zero attached hydrogens (tertiary/aromatic N) is 2. The lowest BCUT2D eigenvalue weighted by atomic mass is 10.2. The highest BCUT2D eigenvalue weighted by Crippen LogP contribution is 2.41. The summed E-state index contributed by atoms with van der Waals surface area (Å²) >= 11 is 1.15. The van der Waals surface area contributed by atoms with Crippen molar-refractivity contribution in [3.63, 3.8) is 0 Å². The molecule has 2 aromatic rings. The van der Waals surface area contributed by atoms with Crippen LogP contribution in [0.1, 0.15) is 0 Å². The van der Waals surface area contributed by atoms with Crippen LogP contribution in [0.2, 0.25) is 0 Å². The summed E-state index contributed by atoms with van der Waals surface area (Å²) in [5, 5.41) is 10.9. The van der Waals surface area contributed by atoms with Gasteiger partial charge in [-0.3, -0.25) is 4.79 Å². The molecule has 0 saturated heterocycles. The van der Waals surface area contributed by atoms with Crippen LogP contribution in [0.5, 0.6) is 17.2 Å². The molecule has 1 aromatic carbocycles. The van der Waals surface area contributed by atoms with Crippen molar-refractivity contribution < 1.29 is 28.2 Å². The van der Waals surface area contributed by atoms with E-state index < -0.39 is 0 Å². The normalized spacial score (nSPS) is 10.5. The summed E-state index contributed by atoms with van der Waals surface area (Å²) in [6.07, 6.45) is 0. The fraction of sp³-hybridized carbons (Fsp3) is 0.438. The number of carbonyl (C=O) groups is 1. The number of amides is 1. The van der Waals surface area contributed by atoms with Crippen molar-refractivity contribution >= 4 is 17.7 Å². The Morgan fingerprint density at radius 3 is 2.38 bits per heavy atom. The van der Waals surface area contributed by atoms with E-state index in [1.807, 2.05) is 0 Å². The van der Waals surface area contributed by atoms with Gasteiger partial charge in [-0.1, -0.05) is 11.8 Å². The molecule has 2 rings (SSSR count). The number of ether oxygens (including phenoxy) is 4. The summed E-state index contributed by atoms with van der Waals surface area (Å²) in [4.78, 5) is 11.7. The zero-order valence-corrected chi connectivity index (χ0v) is 15.8. The molecule has 0 atom stereocenters. The van der Waals surface area contributed by atoms with Gasteiger partial charge in [-0.2, -0.15) is 0 Å². The second-order valence-corrected chi connectivity index (χ2v) is 5.85. The van der Waals surface area contributed by atoms with Gasteiger partial charge in [0.25, 0.3) is 5.22 Å². The van der Waals surface area contributed by atoms with E-state index in [-0.39, 0.29) is 22.8 Å². The molecular formula is C16H21N3O6S. The first-order valence-electron chi connectivity index (χ1n) is 7.65. The summed E-state index contributed by atoms with van der Waals surface area (Å²) in [6.45, 7) is 0.915. The Morgan fingerprint density at radius 2 is 1.81 bits per heavy atom. The summed E-state index contributed by atoms with van der Waals surface area (Å²) in [5.74, 6) is 1.74. The molecule has 0 aliphatic heterocycles. The third-order valence-electron chi connectivity index (χ3n) is 3.27. The van der Waals surface area contributed by atoms with Crippen LogP contribution < -0.4 is 19.5 Å². The molecule has 0 aliphatic carbocycles. The monoisotopic (exact) mass is 383 g/mol. The lowest BCUT2D eigenvalue weighted by Crippen LogP contribution is -2.28. The van der Waals surface area contributed by atoms with Gasteiger partial charge in [0, 0.05) is 19.2 Å². The molecule has 1 aromatic heterocycles. The van der Waals surface area contributed by atoms with Crippen LogP contribution in [-0.2, 0) is 9.53 Å². The molecule has 1 N–H and O–H groups in total. The van der Waals surface area contributed by atoms with Gasteiger partial charge in [0.1, 0.15) is 0 Å². The minimum atomic E-state index is -0.139. The van der Waals surface area contributed by atoms with Crippen molar-refractivity contribution in [1.29, 1.82) is 0 Å². The quantitative estimate of drug-likeness (QED) is 0.484. The number of benzene rings is 1. The van der Waals surface area contributed by atoms with Crippen molar-refractivity contribution in [3.05, 3.63) is 12.1 Å². The second-order valence-electron chi connectivity index (χ2n) is 4.92. The van der Waals surface area contributed by atoms with Crippen LogP contribution in [-0.4, -0.2) is 63.4 Å². The molecule has 9 nitrogen and oxygen atoms in total. The molecule has 0 saturated carbocycles. The van der Waals surface area contributed by atoms with Gasteiger partial charge < -0.3 is 28.7 Å². The van der Waals surface area contributed by atoms with E-state index in [1.54, 1.807) is 19.2 Å². The highest BCUT2D eigenvalue weighted by atomic mass is 32.2. The molecule has 0 spiro atoms. The molecule has 1 heterocycles. The lowest BCUT2D eigenvalue weighted by molar-refractivity contribution is -0.118. The maximum absolute atomic E-state index is 11.7. The minimum absolute atomic E-state index is 0.139. The van der Waals surface area contributed by atoms with Gasteiger partial charge in [0.05, 0.1) is 33.7 Å². The minimum Gasteiger partial charge on any atom is -0.493 e. The Bertz CT molecular complexity index is 712. The molecule has 10 heteroatoms. The highest BCUT2D eigenvalue weighted by molar-refractivity contribution is 7.99. The van der Waals surface area contributed by atoms with Crippen molar-refractivity contribution in [2.75, 3.05) is 47.3 Å². The van der Waals surface area contributed by atoms with E-state index in [1.165, 1.54) is 21.3 Å². The summed E-state index contributed by atoms with van der Waals surface area (Å²) < 4.78 is 26.4. The van der Waals surface area contributed by atoms with Crippen LogP contribution >= 0.6 is 11.8 Å². The van der Waals surface area contributed by atoms with Gasteiger partial charge in [0.2, 0.25) is 17.5 Å². The van der Waals surface area contributed by atoms with E-state index in [9.17, 15) is 4.79 Å². The van der Waals surface area contributed by atoms with Crippen LogP contribution in [0.25, 0.3) is 11.5 Å².